The zero-order valence-electron chi connectivity index (χ0n) is 14.3. The fourth-order valence-electron chi connectivity index (χ4n) is 3.22. The number of benzene rings is 2. The predicted molar refractivity (Wildman–Crippen MR) is 105 cm³/mol. The van der Waals surface area contributed by atoms with Crippen LogP contribution in [-0.2, 0) is 16.0 Å². The Morgan fingerprint density at radius 3 is 2.19 bits per heavy atom. The Morgan fingerprint density at radius 1 is 0.962 bits per heavy atom. The lowest BCUT2D eigenvalue weighted by Gasteiger charge is -2.31. The summed E-state index contributed by atoms with van der Waals surface area (Å²) in [5.41, 5.74) is 1.58. The van der Waals surface area contributed by atoms with E-state index in [1.54, 1.807) is 23.1 Å². The van der Waals surface area contributed by atoms with E-state index in [4.69, 9.17) is 23.2 Å². The molecule has 1 N–H and O–H groups in total. The van der Waals surface area contributed by atoms with Gasteiger partial charge >= 0.3 is 11.8 Å². The molecule has 2 amide bonds. The molecule has 1 aliphatic rings. The Morgan fingerprint density at radius 2 is 1.58 bits per heavy atom. The number of nitrogens with zero attached hydrogens (tertiary/aromatic N) is 1. The van der Waals surface area contributed by atoms with E-state index in [1.807, 2.05) is 18.2 Å². The number of halogens is 2. The minimum absolute atomic E-state index is 0.271. The minimum Gasteiger partial charge on any atom is -0.334 e. The van der Waals surface area contributed by atoms with E-state index in [0.717, 1.165) is 19.3 Å². The van der Waals surface area contributed by atoms with Crippen molar-refractivity contribution in [1.29, 1.82) is 0 Å². The van der Waals surface area contributed by atoms with E-state index in [2.05, 4.69) is 17.4 Å². The number of piperidine rings is 1. The molecule has 0 radical (unpaired) electrons. The highest BCUT2D eigenvalue weighted by Gasteiger charge is 2.27. The van der Waals surface area contributed by atoms with Crippen LogP contribution in [0, 0.1) is 5.92 Å². The molecule has 0 bridgehead atoms. The summed E-state index contributed by atoms with van der Waals surface area (Å²) < 4.78 is 0. The molecule has 2 aromatic rings. The van der Waals surface area contributed by atoms with E-state index in [1.165, 1.54) is 5.56 Å². The molecule has 26 heavy (non-hydrogen) atoms. The number of hydrogen-bond donors (Lipinski definition) is 1. The molecule has 6 heteroatoms. The SMILES string of the molecule is O=C(Nc1c(Cl)cccc1Cl)C(=O)N1CCC(Cc2ccccc2)CC1. The lowest BCUT2D eigenvalue weighted by Crippen LogP contribution is -2.44. The van der Waals surface area contributed by atoms with Crippen LogP contribution in [-0.4, -0.2) is 29.8 Å². The first-order valence-corrected chi connectivity index (χ1v) is 9.38. The maximum absolute atomic E-state index is 12.4. The van der Waals surface area contributed by atoms with Gasteiger partial charge in [0.2, 0.25) is 0 Å². The predicted octanol–water partition coefficient (Wildman–Crippen LogP) is 4.41. The number of nitrogens with one attached hydrogen (secondary N) is 1. The molecule has 0 unspecified atom stereocenters. The van der Waals surface area contributed by atoms with Crippen molar-refractivity contribution < 1.29 is 9.59 Å². The topological polar surface area (TPSA) is 49.4 Å². The Labute approximate surface area is 163 Å². The van der Waals surface area contributed by atoms with Crippen molar-refractivity contribution in [2.24, 2.45) is 5.92 Å². The van der Waals surface area contributed by atoms with E-state index < -0.39 is 11.8 Å². The van der Waals surface area contributed by atoms with Crippen molar-refractivity contribution in [3.8, 4) is 0 Å². The second kappa shape index (κ2) is 8.56. The zero-order valence-corrected chi connectivity index (χ0v) is 15.8. The van der Waals surface area contributed by atoms with Gasteiger partial charge in [-0.15, -0.1) is 0 Å². The van der Waals surface area contributed by atoms with Crippen molar-refractivity contribution in [2.45, 2.75) is 19.3 Å². The maximum atomic E-state index is 12.4. The van der Waals surface area contributed by atoms with Gasteiger partial charge in [-0.25, -0.2) is 0 Å². The highest BCUT2D eigenvalue weighted by Crippen LogP contribution is 2.30. The molecule has 0 spiro atoms. The number of anilines is 1. The average molecular weight is 391 g/mol. The third kappa shape index (κ3) is 4.57. The molecule has 1 heterocycles. The van der Waals surface area contributed by atoms with Gasteiger partial charge in [-0.05, 0) is 42.9 Å². The molecule has 2 aromatic carbocycles. The van der Waals surface area contributed by atoms with Gasteiger partial charge in [-0.3, -0.25) is 9.59 Å². The number of rotatable bonds is 3. The normalized spacial score (nSPS) is 14.9. The second-order valence-electron chi connectivity index (χ2n) is 6.48. The smallest absolute Gasteiger partial charge is 0.313 e. The van der Waals surface area contributed by atoms with Crippen molar-refractivity contribution in [1.82, 2.24) is 4.90 Å². The molecular formula is C20H20Cl2N2O2. The van der Waals surface area contributed by atoms with Gasteiger partial charge in [-0.1, -0.05) is 59.6 Å². The molecule has 1 aliphatic heterocycles. The first kappa shape index (κ1) is 18.7. The van der Waals surface area contributed by atoms with Gasteiger partial charge in [0.1, 0.15) is 0 Å². The Kier molecular flexibility index (Phi) is 6.17. The van der Waals surface area contributed by atoms with E-state index in [-0.39, 0.29) is 5.69 Å². The van der Waals surface area contributed by atoms with Crippen LogP contribution in [0.4, 0.5) is 5.69 Å². The molecule has 0 saturated carbocycles. The van der Waals surface area contributed by atoms with Crippen LogP contribution in [0.1, 0.15) is 18.4 Å². The van der Waals surface area contributed by atoms with Crippen LogP contribution in [0.25, 0.3) is 0 Å². The number of para-hydroxylation sites is 1. The molecular weight excluding hydrogens is 371 g/mol. The summed E-state index contributed by atoms with van der Waals surface area (Å²) in [4.78, 5) is 26.3. The molecule has 0 atom stereocenters. The van der Waals surface area contributed by atoms with E-state index in [9.17, 15) is 9.59 Å². The summed E-state index contributed by atoms with van der Waals surface area (Å²) in [5.74, 6) is -0.719. The summed E-state index contributed by atoms with van der Waals surface area (Å²) >= 11 is 12.1. The third-order valence-corrected chi connectivity index (χ3v) is 5.29. The van der Waals surface area contributed by atoms with Crippen molar-refractivity contribution in [3.05, 3.63) is 64.1 Å². The Hall–Kier alpha value is -2.04. The monoisotopic (exact) mass is 390 g/mol. The summed E-state index contributed by atoms with van der Waals surface area (Å²) in [7, 11) is 0. The first-order valence-electron chi connectivity index (χ1n) is 8.63. The molecule has 0 aliphatic carbocycles. The van der Waals surface area contributed by atoms with Crippen LogP contribution in [0.15, 0.2) is 48.5 Å². The maximum Gasteiger partial charge on any atom is 0.313 e. The van der Waals surface area contributed by atoms with E-state index >= 15 is 0 Å². The van der Waals surface area contributed by atoms with Gasteiger partial charge in [0.25, 0.3) is 0 Å². The average Bonchev–Trinajstić information content (AvgIpc) is 2.65. The minimum atomic E-state index is -0.707. The fraction of sp³-hybridized carbons (Fsp3) is 0.300. The quantitative estimate of drug-likeness (QED) is 0.788. The van der Waals surface area contributed by atoms with Crippen LogP contribution < -0.4 is 5.32 Å². The second-order valence-corrected chi connectivity index (χ2v) is 7.29. The molecule has 0 aromatic heterocycles. The van der Waals surface area contributed by atoms with E-state index in [0.29, 0.717) is 29.1 Å². The standard InChI is InChI=1S/C20H20Cl2N2O2/c21-16-7-4-8-17(22)18(16)23-19(25)20(26)24-11-9-15(10-12-24)13-14-5-2-1-3-6-14/h1-8,15H,9-13H2,(H,23,25). The summed E-state index contributed by atoms with van der Waals surface area (Å²) in [6.45, 7) is 1.17. The molecule has 4 nitrogen and oxygen atoms in total. The lowest BCUT2D eigenvalue weighted by atomic mass is 9.90. The fourth-order valence-corrected chi connectivity index (χ4v) is 3.71. The molecule has 1 fully saturated rings. The van der Waals surface area contributed by atoms with Gasteiger partial charge in [0.15, 0.2) is 0 Å². The summed E-state index contributed by atoms with van der Waals surface area (Å²) in [6.07, 6.45) is 2.78. The van der Waals surface area contributed by atoms with Gasteiger partial charge in [0, 0.05) is 13.1 Å². The number of hydrogen-bond acceptors (Lipinski definition) is 2. The Balaban J connectivity index is 1.54. The number of carbonyl (C=O) groups excluding carboxylic acids is 2. The highest BCUT2D eigenvalue weighted by atomic mass is 35.5. The Bertz CT molecular complexity index is 767. The number of likely N-dealkylation sites (tertiary alicyclic amines) is 1. The largest absolute Gasteiger partial charge is 0.334 e. The van der Waals surface area contributed by atoms with Gasteiger partial charge < -0.3 is 10.2 Å². The van der Waals surface area contributed by atoms with Crippen LogP contribution in [0.2, 0.25) is 10.0 Å². The summed E-state index contributed by atoms with van der Waals surface area (Å²) in [6, 6.07) is 15.2. The van der Waals surface area contributed by atoms with Gasteiger partial charge in [-0.2, -0.15) is 0 Å². The van der Waals surface area contributed by atoms with Crippen molar-refractivity contribution >= 4 is 40.7 Å². The van der Waals surface area contributed by atoms with Crippen molar-refractivity contribution in [3.63, 3.8) is 0 Å². The molecule has 3 rings (SSSR count). The zero-order chi connectivity index (χ0) is 18.5. The lowest BCUT2D eigenvalue weighted by molar-refractivity contribution is -0.144. The first-order chi connectivity index (χ1) is 12.5. The highest BCUT2D eigenvalue weighted by molar-refractivity contribution is 6.44. The number of carbonyl (C=O) groups is 2. The molecule has 136 valence electrons. The van der Waals surface area contributed by atoms with Gasteiger partial charge in [0.05, 0.1) is 15.7 Å². The molecule has 1 saturated heterocycles. The van der Waals surface area contributed by atoms with Crippen LogP contribution in [0.3, 0.4) is 0 Å². The third-order valence-electron chi connectivity index (χ3n) is 4.66. The van der Waals surface area contributed by atoms with Crippen molar-refractivity contribution in [2.75, 3.05) is 18.4 Å². The van der Waals surface area contributed by atoms with Crippen LogP contribution in [0.5, 0.6) is 0 Å². The number of amides is 2. The summed E-state index contributed by atoms with van der Waals surface area (Å²) in [5, 5.41) is 3.14. The van der Waals surface area contributed by atoms with Crippen LogP contribution >= 0.6 is 23.2 Å².